The van der Waals surface area contributed by atoms with Gasteiger partial charge in [-0.2, -0.15) is 0 Å². The number of fused-ring (bicyclic) bond motifs is 1. The summed E-state index contributed by atoms with van der Waals surface area (Å²) in [7, 11) is 0. The SMILES string of the molecule is CC(C)(C)OC(=O)Nc1cnc2scnc2c1C1CC1. The highest BCUT2D eigenvalue weighted by Gasteiger charge is 2.30. The number of carbonyl (C=O) groups excluding carboxylic acids is 1. The molecule has 2 aromatic rings. The molecule has 0 spiro atoms. The average molecular weight is 291 g/mol. The van der Waals surface area contributed by atoms with Crippen LogP contribution in [0.15, 0.2) is 11.7 Å². The van der Waals surface area contributed by atoms with Gasteiger partial charge < -0.3 is 4.74 Å². The Morgan fingerprint density at radius 1 is 1.40 bits per heavy atom. The third-order valence-corrected chi connectivity index (χ3v) is 3.76. The number of hydrogen-bond acceptors (Lipinski definition) is 5. The Morgan fingerprint density at radius 2 is 2.15 bits per heavy atom. The summed E-state index contributed by atoms with van der Waals surface area (Å²) in [5.41, 5.74) is 4.01. The Bertz CT molecular complexity index is 656. The lowest BCUT2D eigenvalue weighted by molar-refractivity contribution is 0.0636. The minimum absolute atomic E-state index is 0.448. The van der Waals surface area contributed by atoms with Gasteiger partial charge in [0.1, 0.15) is 15.9 Å². The van der Waals surface area contributed by atoms with E-state index in [4.69, 9.17) is 4.74 Å². The van der Waals surface area contributed by atoms with Crippen LogP contribution in [0.5, 0.6) is 0 Å². The number of carbonyl (C=O) groups is 1. The van der Waals surface area contributed by atoms with Gasteiger partial charge in [0, 0.05) is 5.56 Å². The highest BCUT2D eigenvalue weighted by Crippen LogP contribution is 2.46. The Labute approximate surface area is 121 Å². The topological polar surface area (TPSA) is 64.1 Å². The molecule has 0 saturated heterocycles. The van der Waals surface area contributed by atoms with Gasteiger partial charge in [-0.1, -0.05) is 0 Å². The molecule has 2 aromatic heterocycles. The molecule has 0 bridgehead atoms. The molecule has 0 aromatic carbocycles. The molecule has 1 saturated carbocycles. The zero-order valence-electron chi connectivity index (χ0n) is 11.8. The first-order chi connectivity index (χ1) is 9.44. The van der Waals surface area contributed by atoms with Crippen molar-refractivity contribution in [1.29, 1.82) is 0 Å². The zero-order chi connectivity index (χ0) is 14.3. The van der Waals surface area contributed by atoms with Gasteiger partial charge in [-0.25, -0.2) is 14.8 Å². The molecule has 1 fully saturated rings. The van der Waals surface area contributed by atoms with E-state index in [0.29, 0.717) is 5.92 Å². The van der Waals surface area contributed by atoms with E-state index in [-0.39, 0.29) is 0 Å². The van der Waals surface area contributed by atoms with Crippen LogP contribution in [0.1, 0.15) is 45.1 Å². The molecular formula is C14H17N3O2S. The number of hydrogen-bond donors (Lipinski definition) is 1. The van der Waals surface area contributed by atoms with Gasteiger partial charge in [-0.3, -0.25) is 5.32 Å². The highest BCUT2D eigenvalue weighted by molar-refractivity contribution is 7.16. The number of rotatable bonds is 2. The fourth-order valence-electron chi connectivity index (χ4n) is 2.14. The van der Waals surface area contributed by atoms with Crippen molar-refractivity contribution < 1.29 is 9.53 Å². The third kappa shape index (κ3) is 2.75. The van der Waals surface area contributed by atoms with Crippen molar-refractivity contribution in [1.82, 2.24) is 9.97 Å². The molecule has 0 aliphatic heterocycles. The van der Waals surface area contributed by atoms with E-state index in [0.717, 1.165) is 34.4 Å². The van der Waals surface area contributed by atoms with Crippen molar-refractivity contribution in [2.45, 2.75) is 45.1 Å². The van der Waals surface area contributed by atoms with Crippen LogP contribution < -0.4 is 5.32 Å². The molecule has 1 aliphatic rings. The van der Waals surface area contributed by atoms with Gasteiger partial charge in [0.15, 0.2) is 0 Å². The van der Waals surface area contributed by atoms with Crippen molar-refractivity contribution in [3.05, 3.63) is 17.3 Å². The van der Waals surface area contributed by atoms with Crippen LogP contribution in [-0.4, -0.2) is 21.7 Å². The van der Waals surface area contributed by atoms with Crippen molar-refractivity contribution >= 4 is 33.5 Å². The quantitative estimate of drug-likeness (QED) is 0.911. The van der Waals surface area contributed by atoms with Crippen LogP contribution in [0.25, 0.3) is 10.3 Å². The molecule has 106 valence electrons. The van der Waals surface area contributed by atoms with E-state index in [9.17, 15) is 4.79 Å². The number of aromatic nitrogens is 2. The standard InChI is InChI=1S/C14H17N3O2S/c1-14(2,3)19-13(18)17-9-6-15-12-11(16-7-20-12)10(9)8-4-5-8/h6-8H,4-5H2,1-3H3,(H,17,18). The second-order valence-electron chi connectivity index (χ2n) is 5.99. The number of pyridine rings is 1. The normalized spacial score (nSPS) is 15.3. The molecule has 20 heavy (non-hydrogen) atoms. The lowest BCUT2D eigenvalue weighted by Crippen LogP contribution is -2.27. The number of nitrogens with zero attached hydrogens (tertiary/aromatic N) is 2. The zero-order valence-corrected chi connectivity index (χ0v) is 12.6. The molecule has 0 unspecified atom stereocenters. The molecule has 0 radical (unpaired) electrons. The van der Waals surface area contributed by atoms with Crippen LogP contribution in [0.4, 0.5) is 10.5 Å². The first-order valence-electron chi connectivity index (χ1n) is 6.66. The number of nitrogens with one attached hydrogen (secondary N) is 1. The number of thiazole rings is 1. The van der Waals surface area contributed by atoms with Crippen LogP contribution in [0.3, 0.4) is 0 Å². The van der Waals surface area contributed by atoms with E-state index >= 15 is 0 Å². The van der Waals surface area contributed by atoms with E-state index < -0.39 is 11.7 Å². The second kappa shape index (κ2) is 4.70. The Hall–Kier alpha value is -1.69. The molecule has 1 aliphatic carbocycles. The maximum Gasteiger partial charge on any atom is 0.412 e. The fourth-order valence-corrected chi connectivity index (χ4v) is 2.78. The molecule has 0 atom stereocenters. The summed E-state index contributed by atoms with van der Waals surface area (Å²) in [6, 6.07) is 0. The first-order valence-corrected chi connectivity index (χ1v) is 7.54. The van der Waals surface area contributed by atoms with Gasteiger partial charge in [0.2, 0.25) is 0 Å². The lowest BCUT2D eigenvalue weighted by atomic mass is 10.1. The largest absolute Gasteiger partial charge is 0.444 e. The first kappa shape index (κ1) is 13.3. The highest BCUT2D eigenvalue weighted by atomic mass is 32.1. The summed E-state index contributed by atoms with van der Waals surface area (Å²) >= 11 is 1.52. The maximum absolute atomic E-state index is 11.9. The predicted octanol–water partition coefficient (Wildman–Crippen LogP) is 3.92. The van der Waals surface area contributed by atoms with Gasteiger partial charge >= 0.3 is 6.09 Å². The summed E-state index contributed by atoms with van der Waals surface area (Å²) < 4.78 is 5.29. The fraction of sp³-hybridized carbons (Fsp3) is 0.500. The summed E-state index contributed by atoms with van der Waals surface area (Å²) in [5.74, 6) is 0.479. The Morgan fingerprint density at radius 3 is 2.80 bits per heavy atom. The number of amides is 1. The molecule has 6 heteroatoms. The van der Waals surface area contributed by atoms with Crippen LogP contribution >= 0.6 is 11.3 Å². The summed E-state index contributed by atoms with van der Waals surface area (Å²) in [6.45, 7) is 5.53. The molecule has 1 amide bonds. The van der Waals surface area contributed by atoms with Gasteiger partial charge in [0.25, 0.3) is 0 Å². The molecule has 3 rings (SSSR count). The summed E-state index contributed by atoms with van der Waals surface area (Å²) in [6.07, 6.45) is 3.54. The van der Waals surface area contributed by atoms with Gasteiger partial charge in [0.05, 0.1) is 17.4 Å². The summed E-state index contributed by atoms with van der Waals surface area (Å²) in [4.78, 5) is 21.6. The Balaban J connectivity index is 1.91. The Kier molecular flexibility index (Phi) is 3.12. The molecule has 5 nitrogen and oxygen atoms in total. The molecule has 1 N–H and O–H groups in total. The van der Waals surface area contributed by atoms with Crippen LogP contribution in [0.2, 0.25) is 0 Å². The lowest BCUT2D eigenvalue weighted by Gasteiger charge is -2.20. The minimum atomic E-state index is -0.512. The van der Waals surface area contributed by atoms with E-state index in [2.05, 4.69) is 15.3 Å². The predicted molar refractivity (Wildman–Crippen MR) is 79.2 cm³/mol. The van der Waals surface area contributed by atoms with E-state index in [1.165, 1.54) is 11.3 Å². The van der Waals surface area contributed by atoms with Crippen molar-refractivity contribution in [2.75, 3.05) is 5.32 Å². The van der Waals surface area contributed by atoms with Gasteiger partial charge in [-0.05, 0) is 39.5 Å². The second-order valence-corrected chi connectivity index (χ2v) is 6.83. The molecular weight excluding hydrogens is 274 g/mol. The van der Waals surface area contributed by atoms with E-state index in [1.54, 1.807) is 11.7 Å². The van der Waals surface area contributed by atoms with Crippen molar-refractivity contribution in [3.63, 3.8) is 0 Å². The van der Waals surface area contributed by atoms with Crippen molar-refractivity contribution in [2.24, 2.45) is 0 Å². The van der Waals surface area contributed by atoms with Crippen LogP contribution in [0, 0.1) is 0 Å². The summed E-state index contributed by atoms with van der Waals surface area (Å²) in [5, 5.41) is 2.81. The minimum Gasteiger partial charge on any atom is -0.444 e. The number of anilines is 1. The average Bonchev–Trinajstić information content (AvgIpc) is 3.03. The van der Waals surface area contributed by atoms with Crippen molar-refractivity contribution in [3.8, 4) is 0 Å². The monoisotopic (exact) mass is 291 g/mol. The molecule has 2 heterocycles. The smallest absolute Gasteiger partial charge is 0.412 e. The number of ether oxygens (including phenoxy) is 1. The van der Waals surface area contributed by atoms with Gasteiger partial charge in [-0.15, -0.1) is 11.3 Å². The van der Waals surface area contributed by atoms with Crippen LogP contribution in [-0.2, 0) is 4.74 Å². The van der Waals surface area contributed by atoms with E-state index in [1.807, 2.05) is 20.8 Å². The third-order valence-electron chi connectivity index (χ3n) is 3.03. The maximum atomic E-state index is 11.9.